The molecule has 0 unspecified atom stereocenters. The molecule has 3 aromatic rings. The molecule has 7 nitrogen and oxygen atoms in total. The Bertz CT molecular complexity index is 1170. The van der Waals surface area contributed by atoms with Crippen molar-refractivity contribution in [2.75, 3.05) is 25.5 Å². The number of hydrogen-bond acceptors (Lipinski definition) is 6. The fourth-order valence-corrected chi connectivity index (χ4v) is 3.62. The maximum absolute atomic E-state index is 12.5. The summed E-state index contributed by atoms with van der Waals surface area (Å²) >= 11 is 0. The van der Waals surface area contributed by atoms with E-state index in [1.165, 1.54) is 0 Å². The van der Waals surface area contributed by atoms with Gasteiger partial charge in [-0.3, -0.25) is 9.78 Å². The molecule has 4 rings (SSSR count). The molecule has 1 fully saturated rings. The van der Waals surface area contributed by atoms with E-state index in [9.17, 15) is 4.79 Å². The molecule has 1 aliphatic rings. The highest BCUT2D eigenvalue weighted by Gasteiger charge is 2.20. The van der Waals surface area contributed by atoms with Crippen molar-refractivity contribution in [2.45, 2.75) is 19.9 Å². The largest absolute Gasteiger partial charge is 0.457 e. The molecule has 1 amide bonds. The van der Waals surface area contributed by atoms with Crippen LogP contribution in [0.1, 0.15) is 28.4 Å². The lowest BCUT2D eigenvalue weighted by molar-refractivity contribution is 0.0923. The first-order chi connectivity index (χ1) is 15.4. The van der Waals surface area contributed by atoms with Crippen molar-refractivity contribution in [3.63, 3.8) is 0 Å². The van der Waals surface area contributed by atoms with Crippen LogP contribution in [0.25, 0.3) is 11.3 Å². The lowest BCUT2D eigenvalue weighted by atomic mass is 10.0. The van der Waals surface area contributed by atoms with Crippen molar-refractivity contribution in [3.8, 4) is 22.8 Å². The molecule has 0 bridgehead atoms. The van der Waals surface area contributed by atoms with Gasteiger partial charge in [0.1, 0.15) is 11.5 Å². The summed E-state index contributed by atoms with van der Waals surface area (Å²) in [5, 5.41) is 17.2. The minimum atomic E-state index is -0.0467. The topological polar surface area (TPSA) is 99.1 Å². The summed E-state index contributed by atoms with van der Waals surface area (Å²) < 4.78 is 6.05. The number of nitrogens with one attached hydrogen (secondary N) is 4. The number of amides is 1. The van der Waals surface area contributed by atoms with Gasteiger partial charge in [0.05, 0.1) is 11.7 Å². The van der Waals surface area contributed by atoms with Crippen LogP contribution in [-0.2, 0) is 0 Å². The maximum Gasteiger partial charge on any atom is 0.251 e. The number of anilines is 1. The average molecular weight is 430 g/mol. The van der Waals surface area contributed by atoms with Gasteiger partial charge in [-0.2, -0.15) is 0 Å². The summed E-state index contributed by atoms with van der Waals surface area (Å²) in [6.07, 6.45) is 1.71. The highest BCUT2D eigenvalue weighted by Crippen LogP contribution is 2.29. The number of rotatable bonds is 7. The summed E-state index contributed by atoms with van der Waals surface area (Å²) in [5.74, 6) is 1.29. The third-order valence-corrected chi connectivity index (χ3v) is 5.51. The number of pyridine rings is 1. The number of hydrogen-bond donors (Lipinski definition) is 4. The van der Waals surface area contributed by atoms with E-state index in [1.54, 1.807) is 19.2 Å². The van der Waals surface area contributed by atoms with Crippen molar-refractivity contribution < 1.29 is 9.53 Å². The number of aryl methyl sites for hydroxylation is 1. The van der Waals surface area contributed by atoms with Crippen LogP contribution in [0, 0.1) is 12.3 Å². The van der Waals surface area contributed by atoms with Crippen molar-refractivity contribution in [1.82, 2.24) is 15.6 Å². The Morgan fingerprint density at radius 1 is 1.09 bits per heavy atom. The number of carbonyl (C=O) groups excluding carboxylic acids is 1. The van der Waals surface area contributed by atoms with Gasteiger partial charge in [-0.05, 0) is 49.7 Å². The maximum atomic E-state index is 12.5. The number of benzene rings is 2. The van der Waals surface area contributed by atoms with Crippen LogP contribution in [0.5, 0.6) is 11.5 Å². The number of aromatic nitrogens is 1. The summed E-state index contributed by atoms with van der Waals surface area (Å²) in [7, 11) is 1.82. The summed E-state index contributed by atoms with van der Waals surface area (Å²) in [4.78, 5) is 17.0. The van der Waals surface area contributed by atoms with E-state index in [-0.39, 0.29) is 11.9 Å². The Hall–Kier alpha value is -3.71. The van der Waals surface area contributed by atoms with Crippen LogP contribution in [-0.4, -0.2) is 42.8 Å². The second-order valence-corrected chi connectivity index (χ2v) is 7.92. The molecular formula is C25H27N5O2. The van der Waals surface area contributed by atoms with Gasteiger partial charge in [0.15, 0.2) is 0 Å². The third kappa shape index (κ3) is 4.63. The van der Waals surface area contributed by atoms with E-state index in [1.807, 2.05) is 56.4 Å². The van der Waals surface area contributed by atoms with Crippen molar-refractivity contribution in [1.29, 1.82) is 5.41 Å². The highest BCUT2D eigenvalue weighted by atomic mass is 16.5. The molecule has 1 aliphatic heterocycles. The quantitative estimate of drug-likeness (QED) is 0.426. The standard InChI is InChI=1S/C25H27N5O2/c1-15-10-17(4-6-21(15)25(31)30-18-13-28-14-18)23-11-20(8-9-29-23)32-19-5-7-22(16(2)26)24(12-19)27-3/h4-12,18,26-28H,13-14H2,1-3H3,(H,30,31). The molecular weight excluding hydrogens is 402 g/mol. The molecule has 2 heterocycles. The Balaban J connectivity index is 1.53. The zero-order valence-corrected chi connectivity index (χ0v) is 18.5. The van der Waals surface area contributed by atoms with E-state index in [4.69, 9.17) is 10.1 Å². The molecule has 164 valence electrons. The summed E-state index contributed by atoms with van der Waals surface area (Å²) in [6.45, 7) is 5.33. The number of nitrogens with zero attached hydrogens (tertiary/aromatic N) is 1. The molecule has 1 saturated heterocycles. The molecule has 0 atom stereocenters. The van der Waals surface area contributed by atoms with Crippen LogP contribution in [0.2, 0.25) is 0 Å². The number of ether oxygens (including phenoxy) is 1. The average Bonchev–Trinajstić information content (AvgIpc) is 2.76. The highest BCUT2D eigenvalue weighted by molar-refractivity contribution is 6.01. The van der Waals surface area contributed by atoms with Gasteiger partial charge in [0.25, 0.3) is 5.91 Å². The van der Waals surface area contributed by atoms with E-state index in [0.29, 0.717) is 22.8 Å². The molecule has 0 spiro atoms. The van der Waals surface area contributed by atoms with Gasteiger partial charge in [0.2, 0.25) is 0 Å². The van der Waals surface area contributed by atoms with Crippen LogP contribution >= 0.6 is 0 Å². The molecule has 0 saturated carbocycles. The Kier molecular flexibility index (Phi) is 6.18. The molecule has 0 aliphatic carbocycles. The Labute approximate surface area is 187 Å². The van der Waals surface area contributed by atoms with Gasteiger partial charge in [-0.1, -0.05) is 6.07 Å². The lowest BCUT2D eigenvalue weighted by Crippen LogP contribution is -2.57. The monoisotopic (exact) mass is 429 g/mol. The third-order valence-electron chi connectivity index (χ3n) is 5.51. The zero-order valence-electron chi connectivity index (χ0n) is 18.5. The second kappa shape index (κ2) is 9.20. The van der Waals surface area contributed by atoms with Crippen molar-refractivity contribution >= 4 is 17.3 Å². The zero-order chi connectivity index (χ0) is 22.7. The molecule has 2 aromatic carbocycles. The molecule has 1 aromatic heterocycles. The second-order valence-electron chi connectivity index (χ2n) is 7.92. The lowest BCUT2D eigenvalue weighted by Gasteiger charge is -2.28. The predicted octanol–water partition coefficient (Wildman–Crippen LogP) is 3.98. The molecule has 4 N–H and O–H groups in total. The van der Waals surface area contributed by atoms with Gasteiger partial charge < -0.3 is 26.1 Å². The molecule has 7 heteroatoms. The van der Waals surface area contributed by atoms with E-state index >= 15 is 0 Å². The van der Waals surface area contributed by atoms with E-state index < -0.39 is 0 Å². The van der Waals surface area contributed by atoms with Crippen LogP contribution < -0.4 is 20.7 Å². The van der Waals surface area contributed by atoms with Gasteiger partial charge in [-0.15, -0.1) is 0 Å². The van der Waals surface area contributed by atoms with Gasteiger partial charge >= 0.3 is 0 Å². The first-order valence-corrected chi connectivity index (χ1v) is 10.6. The van der Waals surface area contributed by atoms with Crippen molar-refractivity contribution in [2.24, 2.45) is 0 Å². The van der Waals surface area contributed by atoms with Crippen LogP contribution in [0.3, 0.4) is 0 Å². The van der Waals surface area contributed by atoms with Gasteiger partial charge in [0, 0.05) is 66.6 Å². The summed E-state index contributed by atoms with van der Waals surface area (Å²) in [6, 6.07) is 15.2. The van der Waals surface area contributed by atoms with Crippen molar-refractivity contribution in [3.05, 3.63) is 71.4 Å². The Morgan fingerprint density at radius 3 is 2.50 bits per heavy atom. The first kappa shape index (κ1) is 21.5. The van der Waals surface area contributed by atoms with Crippen LogP contribution in [0.15, 0.2) is 54.7 Å². The fraction of sp³-hybridized carbons (Fsp3) is 0.240. The minimum Gasteiger partial charge on any atom is -0.457 e. The first-order valence-electron chi connectivity index (χ1n) is 10.6. The minimum absolute atomic E-state index is 0.0467. The predicted molar refractivity (Wildman–Crippen MR) is 127 cm³/mol. The Morgan fingerprint density at radius 2 is 1.84 bits per heavy atom. The van der Waals surface area contributed by atoms with Crippen LogP contribution in [0.4, 0.5) is 5.69 Å². The van der Waals surface area contributed by atoms with E-state index in [2.05, 4.69) is 20.9 Å². The number of carbonyl (C=O) groups is 1. The normalized spacial score (nSPS) is 13.2. The smallest absolute Gasteiger partial charge is 0.251 e. The fourth-order valence-electron chi connectivity index (χ4n) is 3.62. The van der Waals surface area contributed by atoms with E-state index in [0.717, 1.165) is 41.2 Å². The molecule has 0 radical (unpaired) electrons. The SMILES string of the molecule is CNc1cc(Oc2ccnc(-c3ccc(C(=O)NC4CNC4)c(C)c3)c2)ccc1C(C)=N. The van der Waals surface area contributed by atoms with Gasteiger partial charge in [-0.25, -0.2) is 0 Å². The molecule has 32 heavy (non-hydrogen) atoms. The summed E-state index contributed by atoms with van der Waals surface area (Å²) in [5.41, 5.74) is 5.42.